The van der Waals surface area contributed by atoms with E-state index in [4.69, 9.17) is 11.6 Å². The van der Waals surface area contributed by atoms with Gasteiger partial charge in [0.15, 0.2) is 0 Å². The fraction of sp³-hybridized carbons (Fsp3) is 0.214. The third-order valence-corrected chi connectivity index (χ3v) is 5.95. The van der Waals surface area contributed by atoms with E-state index in [9.17, 15) is 35.9 Å². The molecule has 0 aliphatic carbocycles. The van der Waals surface area contributed by atoms with Crippen molar-refractivity contribution >= 4 is 17.6 Å². The zero-order valence-corrected chi connectivity index (χ0v) is 21.8. The Hall–Kier alpha value is -4.52. The summed E-state index contributed by atoms with van der Waals surface area (Å²) in [6, 6.07) is 20.3. The van der Waals surface area contributed by atoms with Gasteiger partial charge in [0, 0.05) is 25.7 Å². The normalized spacial score (nSPS) is 14.3. The van der Waals surface area contributed by atoms with E-state index in [-0.39, 0.29) is 30.4 Å². The van der Waals surface area contributed by atoms with Crippen molar-refractivity contribution in [1.82, 2.24) is 14.8 Å². The van der Waals surface area contributed by atoms with Gasteiger partial charge < -0.3 is 15.6 Å². The number of carbonyl (C=O) groups is 2. The number of urea groups is 1. The molecule has 41 heavy (non-hydrogen) atoms. The standard InChI is InChI=1S/C22H21F6N5O2.C6H6/c1-31-7-8-32(20(31)35)19(34)17(29)18(14-5-3-2-4-6-14)33(30)12-13-9-15(21(23,24)25)11-16(10-13)22(26,27)28;1-2-4-6-5-3-1/h2-6,9-11H,7-8,12,29-30H2,1H3;1-6H/b18-17-;. The number of rotatable bonds is 5. The van der Waals surface area contributed by atoms with E-state index >= 15 is 0 Å². The van der Waals surface area contributed by atoms with Gasteiger partial charge in [-0.3, -0.25) is 9.69 Å². The van der Waals surface area contributed by atoms with Crippen LogP contribution < -0.4 is 11.6 Å². The molecule has 4 rings (SSSR count). The number of hydrazine groups is 1. The minimum atomic E-state index is -5.04. The summed E-state index contributed by atoms with van der Waals surface area (Å²) in [6.07, 6.45) is -10.1. The Balaban J connectivity index is 0.000000681. The number of halogens is 6. The third-order valence-electron chi connectivity index (χ3n) is 5.95. The SMILES string of the molecule is CN1CCN(C(=O)/C(N)=C(\c2ccccc2)N(N)Cc2cc(C(F)(F)F)cc(C(F)(F)F)c2)C1=O.c1ccccc1. The summed E-state index contributed by atoms with van der Waals surface area (Å²) in [5.41, 5.74) is 2.25. The highest BCUT2D eigenvalue weighted by Gasteiger charge is 2.37. The lowest BCUT2D eigenvalue weighted by Gasteiger charge is -2.26. The molecule has 0 unspecified atom stereocenters. The first-order valence-electron chi connectivity index (χ1n) is 12.1. The van der Waals surface area contributed by atoms with Gasteiger partial charge in [-0.25, -0.2) is 10.6 Å². The van der Waals surface area contributed by atoms with Crippen LogP contribution in [-0.4, -0.2) is 46.9 Å². The van der Waals surface area contributed by atoms with Crippen molar-refractivity contribution < 1.29 is 35.9 Å². The van der Waals surface area contributed by atoms with Gasteiger partial charge in [-0.05, 0) is 23.8 Å². The van der Waals surface area contributed by atoms with Crippen LogP contribution in [0.4, 0.5) is 31.1 Å². The zero-order valence-electron chi connectivity index (χ0n) is 21.8. The van der Waals surface area contributed by atoms with Crippen LogP contribution in [0.25, 0.3) is 5.70 Å². The Bertz CT molecular complexity index is 1320. The van der Waals surface area contributed by atoms with Gasteiger partial charge in [-0.2, -0.15) is 26.3 Å². The van der Waals surface area contributed by atoms with Crippen LogP contribution in [0.5, 0.6) is 0 Å². The quantitative estimate of drug-likeness (QED) is 0.185. The van der Waals surface area contributed by atoms with E-state index in [1.54, 1.807) is 18.2 Å². The van der Waals surface area contributed by atoms with Crippen LogP contribution in [0.1, 0.15) is 22.3 Å². The molecule has 1 aliphatic heterocycles. The van der Waals surface area contributed by atoms with Crippen LogP contribution in [0, 0.1) is 0 Å². The number of alkyl halides is 6. The van der Waals surface area contributed by atoms with E-state index in [2.05, 4.69) is 0 Å². The van der Waals surface area contributed by atoms with E-state index < -0.39 is 53.2 Å². The van der Waals surface area contributed by atoms with E-state index in [1.807, 2.05) is 36.4 Å². The second kappa shape index (κ2) is 12.8. The van der Waals surface area contributed by atoms with Crippen molar-refractivity contribution in [2.24, 2.45) is 11.6 Å². The molecule has 1 aliphatic rings. The molecule has 3 aromatic carbocycles. The molecule has 0 radical (unpaired) electrons. The first-order chi connectivity index (χ1) is 19.2. The number of hydrogen-bond donors (Lipinski definition) is 2. The summed E-state index contributed by atoms with van der Waals surface area (Å²) in [7, 11) is 1.48. The van der Waals surface area contributed by atoms with Crippen molar-refractivity contribution in [1.29, 1.82) is 0 Å². The van der Waals surface area contributed by atoms with Gasteiger partial charge in [-0.15, -0.1) is 0 Å². The fourth-order valence-corrected chi connectivity index (χ4v) is 3.93. The largest absolute Gasteiger partial charge is 0.416 e. The molecule has 0 saturated carbocycles. The Labute approximate surface area is 232 Å². The molecule has 0 bridgehead atoms. The van der Waals surface area contributed by atoms with Gasteiger partial charge in [0.1, 0.15) is 5.70 Å². The lowest BCUT2D eigenvalue weighted by Crippen LogP contribution is -2.40. The first-order valence-corrected chi connectivity index (χ1v) is 12.1. The highest BCUT2D eigenvalue weighted by molar-refractivity contribution is 6.08. The van der Waals surface area contributed by atoms with E-state index in [0.29, 0.717) is 12.1 Å². The van der Waals surface area contributed by atoms with Gasteiger partial charge >= 0.3 is 18.4 Å². The van der Waals surface area contributed by atoms with Crippen LogP contribution in [0.15, 0.2) is 90.6 Å². The smallest absolute Gasteiger partial charge is 0.392 e. The average molecular weight is 580 g/mol. The Kier molecular flexibility index (Phi) is 9.66. The average Bonchev–Trinajstić information content (AvgIpc) is 3.26. The maximum Gasteiger partial charge on any atom is 0.416 e. The Morgan fingerprint density at radius 3 is 1.71 bits per heavy atom. The molecule has 3 amide bonds. The lowest BCUT2D eigenvalue weighted by molar-refractivity contribution is -0.143. The van der Waals surface area contributed by atoms with Crippen LogP contribution >= 0.6 is 0 Å². The van der Waals surface area contributed by atoms with Crippen molar-refractivity contribution in [3.8, 4) is 0 Å². The summed E-state index contributed by atoms with van der Waals surface area (Å²) in [5, 5.41) is 0.780. The number of likely N-dealkylation sites (N-methyl/N-ethyl adjacent to an activating group) is 1. The second-order valence-corrected chi connectivity index (χ2v) is 8.99. The fourth-order valence-electron chi connectivity index (χ4n) is 3.93. The molecule has 3 aromatic rings. The maximum absolute atomic E-state index is 13.2. The third kappa shape index (κ3) is 8.01. The van der Waals surface area contributed by atoms with E-state index in [0.717, 1.165) is 9.91 Å². The van der Waals surface area contributed by atoms with Crippen molar-refractivity contribution in [3.63, 3.8) is 0 Å². The molecule has 1 saturated heterocycles. The highest BCUT2D eigenvalue weighted by atomic mass is 19.4. The first kappa shape index (κ1) is 31.0. The van der Waals surface area contributed by atoms with Crippen LogP contribution in [0.2, 0.25) is 0 Å². The molecule has 218 valence electrons. The van der Waals surface area contributed by atoms with Gasteiger partial charge in [0.2, 0.25) is 0 Å². The Morgan fingerprint density at radius 2 is 1.29 bits per heavy atom. The number of imide groups is 1. The second-order valence-electron chi connectivity index (χ2n) is 8.99. The van der Waals surface area contributed by atoms with Crippen molar-refractivity contribution in [2.75, 3.05) is 20.1 Å². The predicted molar refractivity (Wildman–Crippen MR) is 140 cm³/mol. The van der Waals surface area contributed by atoms with Crippen molar-refractivity contribution in [3.05, 3.63) is 113 Å². The monoisotopic (exact) mass is 579 g/mol. The highest BCUT2D eigenvalue weighted by Crippen LogP contribution is 2.37. The minimum Gasteiger partial charge on any atom is -0.392 e. The molecule has 0 aromatic heterocycles. The zero-order chi connectivity index (χ0) is 30.4. The molecule has 0 atom stereocenters. The summed E-state index contributed by atoms with van der Waals surface area (Å²) in [6.45, 7) is -0.349. The summed E-state index contributed by atoms with van der Waals surface area (Å²) >= 11 is 0. The number of nitrogens with zero attached hydrogens (tertiary/aromatic N) is 3. The molecular formula is C28H27F6N5O2. The number of nitrogens with two attached hydrogens (primary N) is 2. The molecule has 0 spiro atoms. The summed E-state index contributed by atoms with van der Waals surface area (Å²) < 4.78 is 79.5. The number of amides is 3. The van der Waals surface area contributed by atoms with Gasteiger partial charge in [0.25, 0.3) is 5.91 Å². The van der Waals surface area contributed by atoms with Gasteiger partial charge in [-0.1, -0.05) is 66.7 Å². The minimum absolute atomic E-state index is 0.00563. The van der Waals surface area contributed by atoms with Gasteiger partial charge in [0.05, 0.1) is 23.4 Å². The maximum atomic E-state index is 13.2. The molecule has 7 nitrogen and oxygen atoms in total. The molecule has 4 N–H and O–H groups in total. The number of benzene rings is 3. The summed E-state index contributed by atoms with van der Waals surface area (Å²) in [4.78, 5) is 27.3. The molecular weight excluding hydrogens is 552 g/mol. The number of carbonyl (C=O) groups excluding carboxylic acids is 2. The molecule has 1 fully saturated rings. The topological polar surface area (TPSA) is 95.9 Å². The lowest BCUT2D eigenvalue weighted by atomic mass is 10.0. The molecule has 13 heteroatoms. The van der Waals surface area contributed by atoms with Crippen LogP contribution in [-0.2, 0) is 23.7 Å². The summed E-state index contributed by atoms with van der Waals surface area (Å²) in [5.74, 6) is 5.17. The Morgan fingerprint density at radius 1 is 0.829 bits per heavy atom. The van der Waals surface area contributed by atoms with E-state index in [1.165, 1.54) is 24.1 Å². The molecule has 1 heterocycles. The van der Waals surface area contributed by atoms with Crippen LogP contribution in [0.3, 0.4) is 0 Å². The van der Waals surface area contributed by atoms with Crippen molar-refractivity contribution in [2.45, 2.75) is 18.9 Å². The predicted octanol–water partition coefficient (Wildman–Crippen LogP) is 5.31. The number of hydrogen-bond acceptors (Lipinski definition) is 5.